The van der Waals surface area contributed by atoms with E-state index in [-0.39, 0.29) is 0 Å². The van der Waals surface area contributed by atoms with E-state index in [4.69, 9.17) is 9.97 Å². The molecule has 0 atom stereocenters. The highest BCUT2D eigenvalue weighted by molar-refractivity contribution is 5.36. The largest absolute Gasteiger partial charge is 0.370 e. The van der Waals surface area contributed by atoms with Gasteiger partial charge in [-0.1, -0.05) is 0 Å². The van der Waals surface area contributed by atoms with E-state index in [2.05, 4.69) is 27.0 Å². The van der Waals surface area contributed by atoms with Crippen LogP contribution in [0.4, 0.5) is 5.95 Å². The van der Waals surface area contributed by atoms with E-state index in [1.807, 2.05) is 30.1 Å². The summed E-state index contributed by atoms with van der Waals surface area (Å²) in [6, 6.07) is 0. The van der Waals surface area contributed by atoms with Crippen LogP contribution in [0.5, 0.6) is 0 Å². The van der Waals surface area contributed by atoms with Crippen LogP contribution >= 0.6 is 0 Å². The standard InChI is InChI=1S/C17H24N8/c1-11-13(3)25-16(12(2)18-11)19-14(21-25)7-8-15-20-17(22-23(15)4)24-9-5-6-10-24/h5-10H2,1-4H3/p+1. The fraction of sp³-hybridized carbons (Fsp3) is 0.588. The molecule has 4 heterocycles. The van der Waals surface area contributed by atoms with Crippen molar-refractivity contribution in [2.24, 2.45) is 7.05 Å². The van der Waals surface area contributed by atoms with Crippen molar-refractivity contribution in [1.29, 1.82) is 0 Å². The molecule has 0 aromatic carbocycles. The summed E-state index contributed by atoms with van der Waals surface area (Å²) in [4.78, 5) is 16.3. The van der Waals surface area contributed by atoms with Gasteiger partial charge in [0.25, 0.3) is 5.82 Å². The Morgan fingerprint density at radius 2 is 1.76 bits per heavy atom. The Morgan fingerprint density at radius 3 is 2.52 bits per heavy atom. The van der Waals surface area contributed by atoms with Crippen molar-refractivity contribution in [1.82, 2.24) is 29.8 Å². The monoisotopic (exact) mass is 341 g/mol. The van der Waals surface area contributed by atoms with Crippen LogP contribution in [0.15, 0.2) is 0 Å². The van der Waals surface area contributed by atoms with Crippen LogP contribution in [-0.4, -0.2) is 42.9 Å². The predicted molar refractivity (Wildman–Crippen MR) is 93.6 cm³/mol. The number of nitrogens with zero attached hydrogens (tertiary/aromatic N) is 7. The lowest BCUT2D eigenvalue weighted by atomic mass is 10.3. The van der Waals surface area contributed by atoms with Crippen LogP contribution in [0, 0.1) is 20.8 Å². The normalized spacial score (nSPS) is 14.8. The second kappa shape index (κ2) is 6.09. The zero-order valence-corrected chi connectivity index (χ0v) is 15.4. The average molecular weight is 341 g/mol. The van der Waals surface area contributed by atoms with Crippen LogP contribution in [0.3, 0.4) is 0 Å². The van der Waals surface area contributed by atoms with Crippen molar-refractivity contribution in [3.8, 4) is 0 Å². The number of aryl methyl sites for hydroxylation is 6. The number of fused-ring (bicyclic) bond motifs is 1. The fourth-order valence-corrected chi connectivity index (χ4v) is 3.43. The number of rotatable bonds is 4. The molecule has 0 aliphatic carbocycles. The second-order valence-corrected chi connectivity index (χ2v) is 6.84. The van der Waals surface area contributed by atoms with Gasteiger partial charge in [-0.15, -0.1) is 9.61 Å². The SMILES string of the molecule is Cc1nc(C)c2nc(CCc3nc(N4CCCC4)nn3C)[nH][n+]2c1C. The molecule has 4 rings (SSSR count). The summed E-state index contributed by atoms with van der Waals surface area (Å²) >= 11 is 0. The van der Waals surface area contributed by atoms with Gasteiger partial charge < -0.3 is 4.90 Å². The minimum Gasteiger partial charge on any atom is -0.340 e. The molecule has 0 bridgehead atoms. The molecule has 132 valence electrons. The van der Waals surface area contributed by atoms with Gasteiger partial charge >= 0.3 is 5.65 Å². The molecule has 1 aliphatic heterocycles. The van der Waals surface area contributed by atoms with Crippen molar-refractivity contribution in [2.75, 3.05) is 18.0 Å². The molecule has 1 saturated heterocycles. The van der Waals surface area contributed by atoms with Crippen molar-refractivity contribution in [3.05, 3.63) is 28.7 Å². The molecule has 0 unspecified atom stereocenters. The molecule has 3 aromatic rings. The first-order chi connectivity index (χ1) is 12.0. The Kier molecular flexibility index (Phi) is 3.89. The molecule has 0 amide bonds. The van der Waals surface area contributed by atoms with Gasteiger partial charge in [-0.3, -0.25) is 4.68 Å². The summed E-state index contributed by atoms with van der Waals surface area (Å²) < 4.78 is 3.92. The van der Waals surface area contributed by atoms with Gasteiger partial charge in [0.2, 0.25) is 5.95 Å². The van der Waals surface area contributed by atoms with Crippen LogP contribution in [0.2, 0.25) is 0 Å². The number of nitrogens with one attached hydrogen (secondary N) is 1. The highest BCUT2D eigenvalue weighted by atomic mass is 15.4. The molecule has 1 fully saturated rings. The quantitative estimate of drug-likeness (QED) is 0.716. The van der Waals surface area contributed by atoms with Crippen molar-refractivity contribution in [3.63, 3.8) is 0 Å². The molecule has 25 heavy (non-hydrogen) atoms. The molecular formula is C17H25N8+. The summed E-state index contributed by atoms with van der Waals surface area (Å²) in [5.74, 6) is 2.81. The lowest BCUT2D eigenvalue weighted by molar-refractivity contribution is -0.586. The molecule has 0 spiro atoms. The summed E-state index contributed by atoms with van der Waals surface area (Å²) in [6.07, 6.45) is 4.07. The van der Waals surface area contributed by atoms with Gasteiger partial charge in [-0.25, -0.2) is 4.98 Å². The van der Waals surface area contributed by atoms with Gasteiger partial charge in [-0.2, -0.15) is 10.1 Å². The molecule has 0 radical (unpaired) electrons. The molecular weight excluding hydrogens is 316 g/mol. The first kappa shape index (κ1) is 16.0. The molecule has 8 nitrogen and oxygen atoms in total. The van der Waals surface area contributed by atoms with E-state index in [0.717, 1.165) is 66.3 Å². The summed E-state index contributed by atoms with van der Waals surface area (Å²) in [5.41, 5.74) is 3.96. The predicted octanol–water partition coefficient (Wildman–Crippen LogP) is 0.983. The zero-order chi connectivity index (χ0) is 17.6. The highest BCUT2D eigenvalue weighted by Gasteiger charge is 2.21. The third-order valence-electron chi connectivity index (χ3n) is 5.03. The summed E-state index contributed by atoms with van der Waals surface area (Å²) in [7, 11) is 1.97. The van der Waals surface area contributed by atoms with E-state index in [1.54, 1.807) is 0 Å². The molecule has 1 aliphatic rings. The van der Waals surface area contributed by atoms with Crippen LogP contribution in [-0.2, 0) is 19.9 Å². The Morgan fingerprint density at radius 1 is 1.00 bits per heavy atom. The number of aromatic amines is 1. The van der Waals surface area contributed by atoms with E-state index >= 15 is 0 Å². The Labute approximate surface area is 146 Å². The zero-order valence-electron chi connectivity index (χ0n) is 15.4. The summed E-state index contributed by atoms with van der Waals surface area (Å²) in [5, 5.41) is 7.97. The number of aromatic nitrogens is 7. The third kappa shape index (κ3) is 2.85. The van der Waals surface area contributed by atoms with Gasteiger partial charge in [0.1, 0.15) is 17.2 Å². The molecule has 1 N–H and O–H groups in total. The van der Waals surface area contributed by atoms with Gasteiger partial charge in [-0.05, 0) is 31.7 Å². The van der Waals surface area contributed by atoms with E-state index in [9.17, 15) is 0 Å². The topological polar surface area (TPSA) is 79.6 Å². The van der Waals surface area contributed by atoms with Gasteiger partial charge in [0, 0.05) is 39.9 Å². The van der Waals surface area contributed by atoms with Crippen LogP contribution in [0.1, 0.15) is 41.6 Å². The lowest BCUT2D eigenvalue weighted by Gasteiger charge is -2.10. The van der Waals surface area contributed by atoms with Gasteiger partial charge in [0.05, 0.1) is 5.69 Å². The maximum Gasteiger partial charge on any atom is 0.370 e. The molecule has 0 saturated carbocycles. The first-order valence-corrected chi connectivity index (χ1v) is 8.92. The lowest BCUT2D eigenvalue weighted by Crippen LogP contribution is -2.30. The first-order valence-electron chi connectivity index (χ1n) is 8.92. The number of H-pyrrole nitrogens is 1. The Bertz CT molecular complexity index is 917. The van der Waals surface area contributed by atoms with Crippen molar-refractivity contribution >= 4 is 11.6 Å². The number of hydrogen-bond acceptors (Lipinski definition) is 5. The van der Waals surface area contributed by atoms with Gasteiger partial charge in [0.15, 0.2) is 0 Å². The average Bonchev–Trinajstić information content (AvgIpc) is 3.30. The minimum atomic E-state index is 0.797. The Hall–Kier alpha value is -2.51. The second-order valence-electron chi connectivity index (χ2n) is 6.84. The Balaban J connectivity index is 1.54. The van der Waals surface area contributed by atoms with E-state index in [0.29, 0.717) is 0 Å². The van der Waals surface area contributed by atoms with Crippen molar-refractivity contribution in [2.45, 2.75) is 46.5 Å². The van der Waals surface area contributed by atoms with Crippen LogP contribution < -0.4 is 9.42 Å². The molecule has 8 heteroatoms. The van der Waals surface area contributed by atoms with E-state index in [1.165, 1.54) is 12.8 Å². The molecule has 3 aromatic heterocycles. The maximum atomic E-state index is 4.73. The smallest absolute Gasteiger partial charge is 0.340 e. The summed E-state index contributed by atoms with van der Waals surface area (Å²) in [6.45, 7) is 8.21. The fourth-order valence-electron chi connectivity index (χ4n) is 3.43. The van der Waals surface area contributed by atoms with E-state index < -0.39 is 0 Å². The number of hydrogen-bond donors (Lipinski definition) is 1. The van der Waals surface area contributed by atoms with Crippen LogP contribution in [0.25, 0.3) is 5.65 Å². The third-order valence-corrected chi connectivity index (χ3v) is 5.03. The minimum absolute atomic E-state index is 0.797. The maximum absolute atomic E-state index is 4.73. The van der Waals surface area contributed by atoms with Crippen molar-refractivity contribution < 1.29 is 4.52 Å². The highest BCUT2D eigenvalue weighted by Crippen LogP contribution is 2.16. The number of anilines is 1.